The second kappa shape index (κ2) is 28.8. The summed E-state index contributed by atoms with van der Waals surface area (Å²) >= 11 is 0. The number of carboxylic acids is 5. The van der Waals surface area contributed by atoms with Crippen molar-refractivity contribution in [2.75, 3.05) is 0 Å². The van der Waals surface area contributed by atoms with Gasteiger partial charge in [-0.05, 0) is 34.6 Å². The molecule has 0 bridgehead atoms. The molecule has 16 nitrogen and oxygen atoms in total. The molecule has 0 spiro atoms. The van der Waals surface area contributed by atoms with Crippen molar-refractivity contribution in [1.29, 1.82) is 0 Å². The van der Waals surface area contributed by atoms with E-state index in [2.05, 4.69) is 0 Å². The molecule has 0 aliphatic carbocycles. The van der Waals surface area contributed by atoms with Gasteiger partial charge in [-0.15, -0.1) is 0 Å². The van der Waals surface area contributed by atoms with Gasteiger partial charge in [-0.25, -0.2) is 19.2 Å². The topological polar surface area (TPSA) is 327 Å². The minimum Gasteiger partial charge on any atom is -0.547 e. The quantitative estimate of drug-likeness (QED) is 0.157. The van der Waals surface area contributed by atoms with Crippen molar-refractivity contribution in [2.24, 2.45) is 0 Å². The molecule has 0 amide bonds. The molecule has 0 aliphatic rings. The number of aliphatic hydroxyl groups excluding tert-OH is 5. The number of aliphatic carboxylic acids is 5. The van der Waals surface area contributed by atoms with Crippen LogP contribution in [0.5, 0.6) is 0 Å². The summed E-state index contributed by atoms with van der Waals surface area (Å²) < 4.78 is 0. The summed E-state index contributed by atoms with van der Waals surface area (Å²) in [6, 6.07) is 0. The summed E-state index contributed by atoms with van der Waals surface area (Å²) in [5.74, 6) is -6.18. The van der Waals surface area contributed by atoms with Gasteiger partial charge in [-0.1, -0.05) is 0 Å². The average Bonchev–Trinajstić information content (AvgIpc) is 2.56. The van der Waals surface area contributed by atoms with Crippen LogP contribution in [0.25, 0.3) is 0 Å². The summed E-state index contributed by atoms with van der Waals surface area (Å²) in [4.78, 5) is 47.1. The molecule has 0 saturated carbocycles. The molecule has 17 heteroatoms. The van der Waals surface area contributed by atoms with Crippen LogP contribution < -0.4 is 11.3 Å². The zero-order valence-corrected chi connectivity index (χ0v) is 19.9. The first-order valence-corrected chi connectivity index (χ1v) is 7.74. The zero-order valence-electron chi connectivity index (χ0n) is 18.4. The van der Waals surface area contributed by atoms with Gasteiger partial charge in [0, 0.05) is 21.7 Å². The van der Waals surface area contributed by atoms with Crippen LogP contribution in [0.3, 0.4) is 0 Å². The van der Waals surface area contributed by atoms with Gasteiger partial charge >= 0.3 is 23.9 Å². The first-order valence-electron chi connectivity index (χ1n) is 7.74. The fourth-order valence-electron chi connectivity index (χ4n) is 0. The zero-order chi connectivity index (χ0) is 25.8. The van der Waals surface area contributed by atoms with Gasteiger partial charge in [0.05, 0.1) is 12.1 Å². The molecule has 192 valence electrons. The number of aliphatic hydroxyl groups is 5. The molecule has 0 fully saturated rings. The molecule has 0 aromatic rings. The monoisotopic (exact) mass is 515 g/mol. The fourth-order valence-corrected chi connectivity index (χ4v) is 0. The van der Waals surface area contributed by atoms with Crippen LogP contribution in [-0.4, -0.2) is 106 Å². The molecule has 13 N–H and O–H groups in total. The molecule has 0 aromatic carbocycles. The third kappa shape index (κ3) is 63.0. The van der Waals surface area contributed by atoms with Gasteiger partial charge in [-0.2, -0.15) is 0 Å². The van der Waals surface area contributed by atoms with E-state index in [-0.39, 0.29) is 27.9 Å². The SMILES string of the molecule is CC(O)C(=O)O.CC(O)C(=O)O.CC(O)C(=O)O.CC(O)C(=O)O.CC(O)C(=O)[O-].[NH4+].[Ti]. The number of rotatable bonds is 5. The Bertz CT molecular complexity index is 403. The van der Waals surface area contributed by atoms with Crippen LogP contribution in [-0.2, 0) is 45.7 Å². The Morgan fingerprint density at radius 2 is 0.562 bits per heavy atom. The molecule has 0 aliphatic heterocycles. The standard InChI is InChI=1S/5C3H6O3.H3N.Ti/c5*1-2(4)3(5)6;;/h5*2,4H,1H3,(H,5,6);1H3;. The molecule has 0 rings (SSSR count). The molecule has 32 heavy (non-hydrogen) atoms. The second-order valence-corrected chi connectivity index (χ2v) is 5.05. The molecule has 0 aromatic heterocycles. The normalized spacial score (nSPS) is 12.8. The van der Waals surface area contributed by atoms with E-state index >= 15 is 0 Å². The maximum Gasteiger partial charge on any atom is 0.332 e. The number of hydrogen-bond acceptors (Lipinski definition) is 11. The molecule has 0 saturated heterocycles. The molecule has 0 radical (unpaired) electrons. The van der Waals surface area contributed by atoms with Crippen LogP contribution in [0.4, 0.5) is 0 Å². The van der Waals surface area contributed by atoms with Crippen LogP contribution in [0, 0.1) is 0 Å². The minimum absolute atomic E-state index is 0. The van der Waals surface area contributed by atoms with Crippen molar-refractivity contribution >= 4 is 29.8 Å². The van der Waals surface area contributed by atoms with Gasteiger partial charge in [0.25, 0.3) is 0 Å². The van der Waals surface area contributed by atoms with Gasteiger partial charge in [0.1, 0.15) is 24.4 Å². The van der Waals surface area contributed by atoms with Crippen molar-refractivity contribution in [2.45, 2.75) is 65.1 Å². The van der Waals surface area contributed by atoms with Crippen LogP contribution >= 0.6 is 0 Å². The Morgan fingerprint density at radius 1 is 0.500 bits per heavy atom. The predicted molar refractivity (Wildman–Crippen MR) is 99.9 cm³/mol. The van der Waals surface area contributed by atoms with E-state index < -0.39 is 60.4 Å². The van der Waals surface area contributed by atoms with Gasteiger partial charge in [0.2, 0.25) is 0 Å². The van der Waals surface area contributed by atoms with Crippen molar-refractivity contribution in [3.05, 3.63) is 0 Å². The van der Waals surface area contributed by atoms with Gasteiger partial charge in [0.15, 0.2) is 0 Å². The maximum absolute atomic E-state index is 9.45. The minimum atomic E-state index is -1.44. The van der Waals surface area contributed by atoms with E-state index in [1.807, 2.05) is 0 Å². The summed E-state index contributed by atoms with van der Waals surface area (Å²) in [6.45, 7) is 5.92. The van der Waals surface area contributed by atoms with Crippen molar-refractivity contribution in [3.63, 3.8) is 0 Å². The number of carbonyl (C=O) groups is 5. The Kier molecular flexibility index (Phi) is 42.8. The van der Waals surface area contributed by atoms with E-state index in [1.165, 1.54) is 27.7 Å². The number of carbonyl (C=O) groups excluding carboxylic acids is 1. The molecule has 5 atom stereocenters. The Balaban J connectivity index is -0.0000000481. The molecule has 5 unspecified atom stereocenters. The second-order valence-electron chi connectivity index (χ2n) is 5.05. The van der Waals surface area contributed by atoms with Gasteiger partial charge in [-0.3, -0.25) is 0 Å². The molecule has 0 heterocycles. The smallest absolute Gasteiger partial charge is 0.332 e. The number of quaternary nitrogens is 1. The number of hydrogen-bond donors (Lipinski definition) is 10. The van der Waals surface area contributed by atoms with E-state index in [9.17, 15) is 29.1 Å². The first-order chi connectivity index (χ1) is 13.2. The van der Waals surface area contributed by atoms with E-state index in [0.29, 0.717) is 0 Å². The van der Waals surface area contributed by atoms with E-state index in [4.69, 9.17) is 46.0 Å². The predicted octanol–water partition coefficient (Wildman–Crippen LogP) is -3.70. The molecular weight excluding hydrogens is 482 g/mol. The maximum atomic E-state index is 9.45. The summed E-state index contributed by atoms with van der Waals surface area (Å²) in [5.41, 5.74) is 0. The van der Waals surface area contributed by atoms with Crippen molar-refractivity contribution < 1.29 is 96.8 Å². The van der Waals surface area contributed by atoms with Gasteiger partial charge < -0.3 is 62.0 Å². The van der Waals surface area contributed by atoms with Crippen molar-refractivity contribution in [3.8, 4) is 0 Å². The third-order valence-electron chi connectivity index (χ3n) is 1.77. The fraction of sp³-hybridized carbons (Fsp3) is 0.667. The van der Waals surface area contributed by atoms with E-state index in [1.54, 1.807) is 0 Å². The third-order valence-corrected chi connectivity index (χ3v) is 1.77. The Morgan fingerprint density at radius 3 is 0.562 bits per heavy atom. The Hall–Kier alpha value is -2.18. The largest absolute Gasteiger partial charge is 0.547 e. The van der Waals surface area contributed by atoms with Crippen LogP contribution in [0.2, 0.25) is 0 Å². The first kappa shape index (κ1) is 47.6. The summed E-state index contributed by atoms with van der Waals surface area (Å²) in [7, 11) is 0. The van der Waals surface area contributed by atoms with E-state index in [0.717, 1.165) is 6.92 Å². The number of carboxylic acid groups (broad SMARTS) is 5. The molecular formula is C15H33NO15Ti. The Labute approximate surface area is 198 Å². The van der Waals surface area contributed by atoms with Crippen LogP contribution in [0.1, 0.15) is 34.6 Å². The summed E-state index contributed by atoms with van der Waals surface area (Å²) in [5, 5.41) is 80.4. The van der Waals surface area contributed by atoms with Crippen molar-refractivity contribution in [1.82, 2.24) is 6.15 Å². The average molecular weight is 515 g/mol. The van der Waals surface area contributed by atoms with Crippen LogP contribution in [0.15, 0.2) is 0 Å². The summed E-state index contributed by atoms with van der Waals surface area (Å²) in [6.07, 6.45) is -6.27.